The van der Waals surface area contributed by atoms with Gasteiger partial charge in [-0.3, -0.25) is 4.79 Å². The van der Waals surface area contributed by atoms with Gasteiger partial charge in [0.25, 0.3) is 0 Å². The Balaban J connectivity index is 0.000000387. The van der Waals surface area contributed by atoms with Crippen LogP contribution in [0.25, 0.3) is 0 Å². The lowest BCUT2D eigenvalue weighted by molar-refractivity contribution is 0.102. The van der Waals surface area contributed by atoms with Crippen LogP contribution < -0.4 is 21.9 Å². The van der Waals surface area contributed by atoms with Gasteiger partial charge in [-0.05, 0) is 24.3 Å². The van der Waals surface area contributed by atoms with Crippen molar-refractivity contribution in [2.75, 3.05) is 36.7 Å². The smallest absolute Gasteiger partial charge is 0.211 e. The van der Waals surface area contributed by atoms with Crippen LogP contribution in [0.15, 0.2) is 29.2 Å². The van der Waals surface area contributed by atoms with Gasteiger partial charge in [0, 0.05) is 22.7 Å². The number of hydrogen-bond donors (Lipinski definition) is 2. The predicted molar refractivity (Wildman–Crippen MR) is 189 cm³/mol. The molecule has 0 aliphatic rings. The Morgan fingerprint density at radius 1 is 0.431 bits per heavy atom. The van der Waals surface area contributed by atoms with Crippen LogP contribution in [0.4, 0.5) is 87.8 Å². The Labute approximate surface area is 353 Å². The normalized spacial score (nSPS) is 11.9. The van der Waals surface area contributed by atoms with Crippen LogP contribution in [0.3, 0.4) is 0 Å². The van der Waals surface area contributed by atoms with Crippen molar-refractivity contribution in [3.05, 3.63) is 146 Å². The van der Waals surface area contributed by atoms with Gasteiger partial charge in [0.1, 0.15) is 64.2 Å². The van der Waals surface area contributed by atoms with Crippen LogP contribution in [0.1, 0.15) is 10.4 Å². The monoisotopic (exact) mass is 998 g/mol. The first-order chi connectivity index (χ1) is 30.1. The van der Waals surface area contributed by atoms with Crippen LogP contribution in [0.2, 0.25) is 0 Å². The molecule has 0 fully saturated rings. The molecule has 0 saturated heterocycles. The highest BCUT2D eigenvalue weighted by atomic mass is 32.2. The van der Waals surface area contributed by atoms with Gasteiger partial charge in [-0.1, -0.05) is 0 Å². The molecule has 28 heteroatoms. The number of aliphatic hydroxyl groups is 2. The van der Waals surface area contributed by atoms with E-state index in [9.17, 15) is 65.9 Å². The molecule has 0 aliphatic heterocycles. The molecule has 0 atom stereocenters. The Morgan fingerprint density at radius 3 is 0.846 bits per heavy atom. The Morgan fingerprint density at radius 2 is 0.646 bits per heavy atom. The van der Waals surface area contributed by atoms with Gasteiger partial charge in [0.05, 0.1) is 18.1 Å². The van der Waals surface area contributed by atoms with E-state index >= 15 is 35.1 Å². The maximum Gasteiger partial charge on any atom is 0.211 e. The number of Topliss-reactive ketones (excluding diaryl/α,β-unsaturated/α-hetero) is 1. The second-order valence-electron chi connectivity index (χ2n) is 13.1. The fourth-order valence-electron chi connectivity index (χ4n) is 6.54. The summed E-state index contributed by atoms with van der Waals surface area (Å²) in [5.41, 5.74) is -13.9. The third kappa shape index (κ3) is 9.00. The molecule has 0 spiro atoms. The van der Waals surface area contributed by atoms with Gasteiger partial charge in [-0.25, -0.2) is 96.2 Å². The summed E-state index contributed by atoms with van der Waals surface area (Å²) in [6, 6.07) is 5.83. The molecule has 5 nitrogen and oxygen atoms in total. The third-order valence-corrected chi connectivity index (χ3v) is 12.7. The first kappa shape index (κ1) is 52.3. The Hall–Kier alpha value is -5.35. The van der Waals surface area contributed by atoms with Crippen LogP contribution in [-0.2, 0) is 20.7 Å². The van der Waals surface area contributed by atoms with E-state index in [0.29, 0.717) is 17.1 Å². The lowest BCUT2D eigenvalue weighted by Gasteiger charge is -2.44. The summed E-state index contributed by atoms with van der Waals surface area (Å²) in [6.45, 7) is -0.0210. The third-order valence-electron chi connectivity index (χ3n) is 9.41. The van der Waals surface area contributed by atoms with Crippen LogP contribution in [0, 0.1) is 116 Å². The molecule has 0 unspecified atom stereocenters. The fraction of sp³-hybridized carbons (Fsp3) is 0.162. The van der Waals surface area contributed by atoms with E-state index in [-0.39, 0.29) is 40.5 Å². The molecule has 0 aliphatic carbocycles. The maximum absolute atomic E-state index is 15.4. The van der Waals surface area contributed by atoms with E-state index in [1.165, 1.54) is 24.3 Å². The van der Waals surface area contributed by atoms with Crippen LogP contribution in [0.5, 0.6) is 0 Å². The standard InChI is InChI=1S/C24BF20.C13H19O5S2/c26-5-1(6(27)14(35)21(42)13(5)34)25(2-7(28)15(36)22(43)16(37)8(2)29,3-9(30)17(38)23(44)18(39)10(3)31)4-11(32)19(40)24(45)20(41)12(4)33;1-20(17,18)12-4-2-11(3-5-12)13(16)10-19(8-6-14)9-7-15/h;2-5,14-15H,6-10H2,1H3/q-1;+1. The number of ketones is 1. The van der Waals surface area contributed by atoms with Gasteiger partial charge in [0.15, 0.2) is 85.4 Å². The van der Waals surface area contributed by atoms with E-state index in [1.807, 2.05) is 0 Å². The van der Waals surface area contributed by atoms with Crippen molar-refractivity contribution in [3.8, 4) is 0 Å². The minimum Gasteiger partial charge on any atom is -0.391 e. The highest BCUT2D eigenvalue weighted by Gasteiger charge is 2.52. The van der Waals surface area contributed by atoms with E-state index < -0.39 is 154 Å². The number of halogens is 20. The predicted octanol–water partition coefficient (Wildman–Crippen LogP) is 5.72. The summed E-state index contributed by atoms with van der Waals surface area (Å²) >= 11 is 0. The summed E-state index contributed by atoms with van der Waals surface area (Å²) in [5.74, 6) is -70.3. The van der Waals surface area contributed by atoms with Crippen molar-refractivity contribution in [1.82, 2.24) is 0 Å². The second-order valence-corrected chi connectivity index (χ2v) is 17.5. The van der Waals surface area contributed by atoms with Crippen molar-refractivity contribution in [2.45, 2.75) is 4.90 Å². The Bertz CT molecular complexity index is 2440. The maximum atomic E-state index is 15.4. The van der Waals surface area contributed by atoms with E-state index in [0.717, 1.165) is 6.26 Å². The number of carbonyl (C=O) groups excluding carboxylic acids is 1. The van der Waals surface area contributed by atoms with Crippen molar-refractivity contribution in [3.63, 3.8) is 0 Å². The quantitative estimate of drug-likeness (QED) is 0.0417. The zero-order valence-electron chi connectivity index (χ0n) is 31.4. The summed E-state index contributed by atoms with van der Waals surface area (Å²) < 4.78 is 317. The highest BCUT2D eigenvalue weighted by molar-refractivity contribution is 7.97. The lowest BCUT2D eigenvalue weighted by Crippen LogP contribution is -2.81. The van der Waals surface area contributed by atoms with E-state index in [1.54, 1.807) is 0 Å². The number of hydrogen-bond acceptors (Lipinski definition) is 5. The molecule has 5 aromatic carbocycles. The van der Waals surface area contributed by atoms with E-state index in [2.05, 4.69) is 0 Å². The molecule has 0 aromatic heterocycles. The lowest BCUT2D eigenvalue weighted by atomic mass is 9.12. The molecule has 0 saturated carbocycles. The van der Waals surface area contributed by atoms with Crippen molar-refractivity contribution < 1.29 is 111 Å². The van der Waals surface area contributed by atoms with Crippen molar-refractivity contribution >= 4 is 54.5 Å². The van der Waals surface area contributed by atoms with Gasteiger partial charge >= 0.3 is 0 Å². The molecule has 352 valence electrons. The summed E-state index contributed by atoms with van der Waals surface area (Å²) in [5, 5.41) is 17.8. The number of rotatable bonds is 12. The fourth-order valence-corrected chi connectivity index (χ4v) is 8.71. The van der Waals surface area contributed by atoms with E-state index in [4.69, 9.17) is 10.2 Å². The van der Waals surface area contributed by atoms with Gasteiger partial charge < -0.3 is 10.2 Å². The average Bonchev–Trinajstić information content (AvgIpc) is 3.26. The Kier molecular flexibility index (Phi) is 15.8. The topological polar surface area (TPSA) is 91.7 Å². The molecular formula is C37H19BF20O5S2. The summed E-state index contributed by atoms with van der Waals surface area (Å²) in [7, 11) is -3.61. The molecule has 5 aromatic rings. The highest BCUT2D eigenvalue weighted by Crippen LogP contribution is 2.31. The van der Waals surface area contributed by atoms with Crippen molar-refractivity contribution in [1.29, 1.82) is 0 Å². The average molecular weight is 998 g/mol. The molecule has 0 heterocycles. The number of carbonyl (C=O) groups is 1. The second kappa shape index (κ2) is 19.6. The SMILES string of the molecule is CS(=O)(=O)c1ccc(C(=O)C[S+](CCO)CCO)cc1.Fc1c(F)c(F)c([B-](c2c(F)c(F)c(F)c(F)c2F)(c2c(F)c(F)c(F)c(F)c2F)c2c(F)c(F)c(F)c(F)c2F)c(F)c1F. The molecule has 0 radical (unpaired) electrons. The number of sulfone groups is 1. The molecule has 0 amide bonds. The summed E-state index contributed by atoms with van der Waals surface area (Å²) in [6.07, 6.45) is -6.10. The molecule has 65 heavy (non-hydrogen) atoms. The largest absolute Gasteiger partial charge is 0.391 e. The van der Waals surface area contributed by atoms with Crippen LogP contribution >= 0.6 is 0 Å². The minimum atomic E-state index is -7.22. The summed E-state index contributed by atoms with van der Waals surface area (Å²) in [4.78, 5) is 12.2. The van der Waals surface area contributed by atoms with Gasteiger partial charge in [-0.2, -0.15) is 0 Å². The number of aliphatic hydroxyl groups excluding tert-OH is 2. The van der Waals surface area contributed by atoms with Gasteiger partial charge in [0.2, 0.25) is 5.78 Å². The molecule has 2 N–H and O–H groups in total. The molecule has 0 bridgehead atoms. The van der Waals surface area contributed by atoms with Gasteiger partial charge in [-0.15, -0.1) is 21.9 Å². The minimum absolute atomic E-state index is 0.0105. The molecule has 5 rings (SSSR count). The van der Waals surface area contributed by atoms with Crippen molar-refractivity contribution in [2.24, 2.45) is 0 Å². The zero-order chi connectivity index (χ0) is 49.5. The zero-order valence-corrected chi connectivity index (χ0v) is 33.1. The first-order valence-corrected chi connectivity index (χ1v) is 20.6. The van der Waals surface area contributed by atoms with Crippen LogP contribution in [-0.4, -0.2) is 67.3 Å². The molecular weight excluding hydrogens is 979 g/mol. The first-order valence-electron chi connectivity index (χ1n) is 17.0. The number of benzene rings is 5.